The van der Waals surface area contributed by atoms with Crippen molar-refractivity contribution in [2.24, 2.45) is 5.73 Å². The summed E-state index contributed by atoms with van der Waals surface area (Å²) >= 11 is 6.58. The van der Waals surface area contributed by atoms with Crippen LogP contribution >= 0.6 is 24.0 Å². The lowest BCUT2D eigenvalue weighted by Crippen LogP contribution is -2.41. The van der Waals surface area contributed by atoms with E-state index in [2.05, 4.69) is 5.32 Å². The number of anilines is 1. The Morgan fingerprint density at radius 1 is 0.940 bits per heavy atom. The molecule has 50 heavy (non-hydrogen) atoms. The van der Waals surface area contributed by atoms with Crippen molar-refractivity contribution in [3.63, 3.8) is 0 Å². The number of ether oxygens (including phenoxy) is 5. The van der Waals surface area contributed by atoms with Crippen LogP contribution in [0.15, 0.2) is 78.9 Å². The molecule has 2 amide bonds. The molecule has 0 unspecified atom stereocenters. The smallest absolute Gasteiger partial charge is 0.257 e. The molecule has 10 nitrogen and oxygen atoms in total. The lowest BCUT2D eigenvalue weighted by Gasteiger charge is -2.26. The fourth-order valence-electron chi connectivity index (χ4n) is 5.67. The van der Waals surface area contributed by atoms with E-state index in [1.54, 1.807) is 72.7 Å². The highest BCUT2D eigenvalue weighted by molar-refractivity contribution is 6.30. The molecule has 0 radical (unpaired) electrons. The molecule has 4 aromatic carbocycles. The lowest BCUT2D eigenvalue weighted by molar-refractivity contribution is -0.138. The van der Waals surface area contributed by atoms with Crippen LogP contribution in [-0.2, 0) is 27.4 Å². The van der Waals surface area contributed by atoms with Gasteiger partial charge in [-0.1, -0.05) is 41.9 Å². The number of nitrogens with zero attached hydrogens (tertiary/aromatic N) is 1. The van der Waals surface area contributed by atoms with Gasteiger partial charge in [0.2, 0.25) is 5.91 Å². The van der Waals surface area contributed by atoms with E-state index in [-0.39, 0.29) is 31.9 Å². The van der Waals surface area contributed by atoms with Gasteiger partial charge in [-0.3, -0.25) is 9.59 Å². The van der Waals surface area contributed by atoms with Crippen molar-refractivity contribution < 1.29 is 37.7 Å². The van der Waals surface area contributed by atoms with Gasteiger partial charge in [0, 0.05) is 39.9 Å². The van der Waals surface area contributed by atoms with Crippen LogP contribution in [0.1, 0.15) is 41.2 Å². The largest absolute Gasteiger partial charge is 0.497 e. The molecule has 0 spiro atoms. The minimum atomic E-state index is -1.27. The topological polar surface area (TPSA) is 122 Å². The number of rotatable bonds is 14. The Bertz CT molecular complexity index is 1790. The summed E-state index contributed by atoms with van der Waals surface area (Å²) < 4.78 is 43.8. The number of methoxy groups -OCH3 is 3. The number of para-hydroxylation sites is 1. The number of carbonyl (C=O) groups excluding carboxylic acids is 2. The molecule has 0 bridgehead atoms. The van der Waals surface area contributed by atoms with Crippen molar-refractivity contribution in [2.75, 3.05) is 39.4 Å². The van der Waals surface area contributed by atoms with Crippen LogP contribution in [0, 0.1) is 5.82 Å². The fraction of sp³-hybridized carbons (Fsp3) is 0.297. The van der Waals surface area contributed by atoms with Crippen molar-refractivity contribution in [3.8, 4) is 23.0 Å². The van der Waals surface area contributed by atoms with E-state index in [0.29, 0.717) is 75.5 Å². The maximum atomic E-state index is 14.6. The molecule has 0 saturated carbocycles. The highest BCUT2D eigenvalue weighted by atomic mass is 35.5. The van der Waals surface area contributed by atoms with Gasteiger partial charge in [0.15, 0.2) is 11.5 Å². The summed E-state index contributed by atoms with van der Waals surface area (Å²) in [6.07, 6.45) is -1.91. The maximum absolute atomic E-state index is 14.6. The average molecular weight is 729 g/mol. The van der Waals surface area contributed by atoms with Crippen molar-refractivity contribution in [3.05, 3.63) is 112 Å². The average Bonchev–Trinajstić information content (AvgIpc) is 3.21. The summed E-state index contributed by atoms with van der Waals surface area (Å²) in [4.78, 5) is 29.5. The van der Waals surface area contributed by atoms with Crippen molar-refractivity contribution in [1.82, 2.24) is 5.32 Å². The molecule has 0 fully saturated rings. The number of nitrogens with two attached hydrogens (primary N) is 1. The third-order valence-corrected chi connectivity index (χ3v) is 8.37. The Morgan fingerprint density at radius 2 is 1.74 bits per heavy atom. The summed E-state index contributed by atoms with van der Waals surface area (Å²) in [6.45, 7) is 0.833. The molecule has 266 valence electrons. The van der Waals surface area contributed by atoms with Crippen LogP contribution in [0.4, 0.5) is 10.1 Å². The molecule has 1 aliphatic rings. The first-order valence-corrected chi connectivity index (χ1v) is 16.1. The molecule has 3 N–H and O–H groups in total. The van der Waals surface area contributed by atoms with Crippen LogP contribution < -0.4 is 34.9 Å². The molecular formula is C37H40Cl2FN3O7. The zero-order chi connectivity index (χ0) is 34.9. The van der Waals surface area contributed by atoms with Crippen LogP contribution in [-0.4, -0.2) is 52.4 Å². The van der Waals surface area contributed by atoms with Gasteiger partial charge >= 0.3 is 0 Å². The molecule has 2 atom stereocenters. The van der Waals surface area contributed by atoms with Gasteiger partial charge in [0.05, 0.1) is 46.6 Å². The Balaban J connectivity index is 0.00000562. The highest BCUT2D eigenvalue weighted by Crippen LogP contribution is 2.46. The molecule has 4 aromatic rings. The van der Waals surface area contributed by atoms with Crippen molar-refractivity contribution >= 4 is 41.5 Å². The minimum Gasteiger partial charge on any atom is -0.497 e. The zero-order valence-corrected chi connectivity index (χ0v) is 29.5. The highest BCUT2D eigenvalue weighted by Gasteiger charge is 2.39. The van der Waals surface area contributed by atoms with Gasteiger partial charge in [-0.25, -0.2) is 4.39 Å². The van der Waals surface area contributed by atoms with Gasteiger partial charge < -0.3 is 39.6 Å². The predicted octanol–water partition coefficient (Wildman–Crippen LogP) is 6.38. The molecule has 13 heteroatoms. The number of carbonyl (C=O) groups is 2. The van der Waals surface area contributed by atoms with E-state index in [1.165, 1.54) is 20.3 Å². The molecule has 0 aliphatic carbocycles. The number of hydrogen-bond donors (Lipinski definition) is 2. The van der Waals surface area contributed by atoms with E-state index in [0.717, 1.165) is 0 Å². The Kier molecular flexibility index (Phi) is 13.7. The van der Waals surface area contributed by atoms with Crippen LogP contribution in [0.3, 0.4) is 0 Å². The Morgan fingerprint density at radius 3 is 2.46 bits per heavy atom. The van der Waals surface area contributed by atoms with Crippen LogP contribution in [0.25, 0.3) is 0 Å². The number of halogens is 3. The van der Waals surface area contributed by atoms with Crippen molar-refractivity contribution in [2.45, 2.75) is 38.1 Å². The van der Waals surface area contributed by atoms with Gasteiger partial charge in [-0.15, -0.1) is 12.4 Å². The summed E-state index contributed by atoms with van der Waals surface area (Å²) in [5.74, 6) is 0.538. The van der Waals surface area contributed by atoms with Gasteiger partial charge in [-0.2, -0.15) is 0 Å². The molecule has 1 aliphatic heterocycles. The second-order valence-corrected chi connectivity index (χ2v) is 11.7. The van der Waals surface area contributed by atoms with Crippen LogP contribution in [0.5, 0.6) is 23.0 Å². The lowest BCUT2D eigenvalue weighted by atomic mass is 9.97. The molecular weight excluding hydrogens is 688 g/mol. The Hall–Kier alpha value is -4.55. The SMILES string of the molecule is COc1ccc(CN2C(=O)[C@@H](CC(=O)NCc3ccccc3F)O[C@H](c3cccc(OCCCN)c3OC)c3cc(Cl)ccc32)c(OC)c1.Cl. The van der Waals surface area contributed by atoms with Crippen molar-refractivity contribution in [1.29, 1.82) is 0 Å². The number of hydrogen-bond acceptors (Lipinski definition) is 8. The van der Waals surface area contributed by atoms with E-state index >= 15 is 0 Å². The normalized spacial score (nSPS) is 15.3. The second-order valence-electron chi connectivity index (χ2n) is 11.3. The second kappa shape index (κ2) is 17.9. The molecule has 1 heterocycles. The number of fused-ring (bicyclic) bond motifs is 1. The van der Waals surface area contributed by atoms with Gasteiger partial charge in [-0.05, 0) is 55.4 Å². The first-order chi connectivity index (χ1) is 23.8. The monoisotopic (exact) mass is 727 g/mol. The standard InChI is InChI=1S/C37H39ClFN3O7.ClH/c1-45-26-14-12-24(32(19-26)46-2)22-42-30-15-13-25(38)18-28(30)35(27-9-6-11-31(36(27)47-3)48-17-7-16-40)49-33(37(42)44)20-34(43)41-21-23-8-4-5-10-29(23)39;/h4-6,8-15,18-19,33,35H,7,16-17,20-22,40H2,1-3H3,(H,41,43);1H/t33-,35-;/m1./s1. The third-order valence-electron chi connectivity index (χ3n) is 8.13. The molecule has 5 rings (SSSR count). The van der Waals surface area contributed by atoms with Gasteiger partial charge in [0.1, 0.15) is 29.5 Å². The van der Waals surface area contributed by atoms with E-state index in [4.69, 9.17) is 41.0 Å². The summed E-state index contributed by atoms with van der Waals surface area (Å²) in [5, 5.41) is 3.14. The molecule has 0 aromatic heterocycles. The third kappa shape index (κ3) is 8.78. The summed E-state index contributed by atoms with van der Waals surface area (Å²) in [7, 11) is 4.61. The maximum Gasteiger partial charge on any atom is 0.257 e. The first-order valence-electron chi connectivity index (χ1n) is 15.7. The number of benzene rings is 4. The minimum absolute atomic E-state index is 0. The summed E-state index contributed by atoms with van der Waals surface area (Å²) in [5.41, 5.74) is 8.33. The van der Waals surface area contributed by atoms with Crippen LogP contribution in [0.2, 0.25) is 5.02 Å². The van der Waals surface area contributed by atoms with E-state index in [9.17, 15) is 14.0 Å². The van der Waals surface area contributed by atoms with E-state index < -0.39 is 29.8 Å². The number of amides is 2. The quantitative estimate of drug-likeness (QED) is 0.144. The number of nitrogens with one attached hydrogen (secondary N) is 1. The molecule has 0 saturated heterocycles. The zero-order valence-electron chi connectivity index (χ0n) is 27.9. The first kappa shape index (κ1) is 38.3. The Labute approximate surface area is 302 Å². The predicted molar refractivity (Wildman–Crippen MR) is 191 cm³/mol. The fourth-order valence-corrected chi connectivity index (χ4v) is 5.86. The van der Waals surface area contributed by atoms with Gasteiger partial charge in [0.25, 0.3) is 5.91 Å². The van der Waals surface area contributed by atoms with E-state index in [1.807, 2.05) is 12.1 Å². The summed E-state index contributed by atoms with van der Waals surface area (Å²) in [6, 6.07) is 22.0.